The zero-order chi connectivity index (χ0) is 18.4. The third-order valence-corrected chi connectivity index (χ3v) is 5.08. The van der Waals surface area contributed by atoms with E-state index in [-0.39, 0.29) is 6.04 Å². The van der Waals surface area contributed by atoms with E-state index in [1.807, 2.05) is 28.9 Å². The van der Waals surface area contributed by atoms with E-state index in [0.29, 0.717) is 5.69 Å². The molecule has 4 aromatic heterocycles. The molecule has 0 saturated carbocycles. The Balaban J connectivity index is 1.69. The maximum absolute atomic E-state index is 9.23. The van der Waals surface area contributed by atoms with Gasteiger partial charge in [-0.3, -0.25) is 0 Å². The number of imidazole rings is 1. The van der Waals surface area contributed by atoms with Gasteiger partial charge in [-0.25, -0.2) is 14.5 Å². The summed E-state index contributed by atoms with van der Waals surface area (Å²) in [7, 11) is 0. The van der Waals surface area contributed by atoms with Crippen molar-refractivity contribution in [1.82, 2.24) is 24.6 Å². The van der Waals surface area contributed by atoms with Crippen molar-refractivity contribution in [2.75, 3.05) is 11.4 Å². The van der Waals surface area contributed by atoms with Crippen LogP contribution < -0.4 is 4.90 Å². The van der Waals surface area contributed by atoms with Gasteiger partial charge in [0.05, 0.1) is 23.2 Å². The number of rotatable bonds is 2. The number of fused-ring (bicyclic) bond motifs is 2. The highest BCUT2D eigenvalue weighted by molar-refractivity contribution is 5.58. The molecule has 4 aromatic rings. The molecule has 0 saturated heterocycles. The van der Waals surface area contributed by atoms with Gasteiger partial charge in [-0.2, -0.15) is 10.4 Å². The Morgan fingerprint density at radius 1 is 1.26 bits per heavy atom. The number of nitrogens with zero attached hydrogens (tertiary/aromatic N) is 6. The highest BCUT2D eigenvalue weighted by Crippen LogP contribution is 2.36. The molecule has 132 valence electrons. The fourth-order valence-corrected chi connectivity index (χ4v) is 3.78. The molecular weight excluding hydrogens is 338 g/mol. The second-order valence-electron chi connectivity index (χ2n) is 6.70. The number of pyridine rings is 2. The molecular formula is C20H17N7. The lowest BCUT2D eigenvalue weighted by Crippen LogP contribution is -2.37. The fraction of sp³-hybridized carbons (Fsp3) is 0.200. The molecule has 0 amide bonds. The van der Waals surface area contributed by atoms with Crippen molar-refractivity contribution in [3.8, 4) is 6.07 Å². The van der Waals surface area contributed by atoms with E-state index in [9.17, 15) is 5.26 Å². The van der Waals surface area contributed by atoms with Gasteiger partial charge in [0.15, 0.2) is 0 Å². The number of H-pyrrole nitrogens is 1. The third kappa shape index (κ3) is 2.46. The normalized spacial score (nSPS) is 16.3. The largest absolute Gasteiger partial charge is 0.348 e. The first-order valence-electron chi connectivity index (χ1n) is 8.85. The third-order valence-electron chi connectivity index (χ3n) is 5.08. The molecule has 7 nitrogen and oxygen atoms in total. The zero-order valence-corrected chi connectivity index (χ0v) is 14.8. The Hall–Kier alpha value is -3.66. The van der Waals surface area contributed by atoms with Crippen LogP contribution in [-0.2, 0) is 6.42 Å². The molecule has 0 aliphatic carbocycles. The van der Waals surface area contributed by atoms with Crippen LogP contribution in [0.5, 0.6) is 0 Å². The average molecular weight is 355 g/mol. The van der Waals surface area contributed by atoms with Gasteiger partial charge < -0.3 is 9.88 Å². The number of anilines is 1. The lowest BCUT2D eigenvalue weighted by molar-refractivity contribution is 0.610. The van der Waals surface area contributed by atoms with Crippen LogP contribution in [0.15, 0.2) is 48.9 Å². The van der Waals surface area contributed by atoms with Gasteiger partial charge in [-0.05, 0) is 36.8 Å². The summed E-state index contributed by atoms with van der Waals surface area (Å²) in [5, 5.41) is 14.1. The van der Waals surface area contributed by atoms with Crippen LogP contribution in [0.3, 0.4) is 0 Å². The van der Waals surface area contributed by atoms with Gasteiger partial charge >= 0.3 is 0 Å². The minimum Gasteiger partial charge on any atom is -0.348 e. The van der Waals surface area contributed by atoms with E-state index in [1.54, 1.807) is 12.4 Å². The summed E-state index contributed by atoms with van der Waals surface area (Å²) in [5.41, 5.74) is 5.67. The predicted octanol–water partition coefficient (Wildman–Crippen LogP) is 2.78. The highest BCUT2D eigenvalue weighted by atomic mass is 15.3. The summed E-state index contributed by atoms with van der Waals surface area (Å²) in [4.78, 5) is 14.5. The Kier molecular flexibility index (Phi) is 3.44. The molecule has 0 fully saturated rings. The van der Waals surface area contributed by atoms with Gasteiger partial charge in [0, 0.05) is 24.9 Å². The second kappa shape index (κ2) is 5.95. The summed E-state index contributed by atoms with van der Waals surface area (Å²) < 4.78 is 1.91. The topological polar surface area (TPSA) is 85.9 Å². The molecule has 0 unspecified atom stereocenters. The first kappa shape index (κ1) is 15.6. The molecule has 7 heteroatoms. The first-order valence-corrected chi connectivity index (χ1v) is 8.85. The SMILES string of the molecule is Cc1cccn2nc([C@@H]3c4nc[nH]c4CCN3c3cccc(C#N)n3)cc12. The molecule has 1 N–H and O–H groups in total. The van der Waals surface area contributed by atoms with Crippen molar-refractivity contribution in [1.29, 1.82) is 5.26 Å². The summed E-state index contributed by atoms with van der Waals surface area (Å²) >= 11 is 0. The van der Waals surface area contributed by atoms with Crippen LogP contribution in [0.25, 0.3) is 5.52 Å². The van der Waals surface area contributed by atoms with Crippen molar-refractivity contribution < 1.29 is 0 Å². The van der Waals surface area contributed by atoms with Gasteiger partial charge in [0.1, 0.15) is 23.6 Å². The Bertz CT molecular complexity index is 1180. The van der Waals surface area contributed by atoms with E-state index in [1.165, 1.54) is 5.56 Å². The Labute approximate surface area is 155 Å². The Morgan fingerprint density at radius 2 is 2.19 bits per heavy atom. The molecule has 0 radical (unpaired) electrons. The summed E-state index contributed by atoms with van der Waals surface area (Å²) in [6.07, 6.45) is 4.54. The molecule has 0 aromatic carbocycles. The van der Waals surface area contributed by atoms with E-state index in [4.69, 9.17) is 5.10 Å². The molecule has 0 spiro atoms. The van der Waals surface area contributed by atoms with Crippen molar-refractivity contribution >= 4 is 11.3 Å². The van der Waals surface area contributed by atoms with Crippen molar-refractivity contribution in [3.05, 3.63) is 77.3 Å². The summed E-state index contributed by atoms with van der Waals surface area (Å²) in [6.45, 7) is 2.85. The Morgan fingerprint density at radius 3 is 3.04 bits per heavy atom. The molecule has 27 heavy (non-hydrogen) atoms. The van der Waals surface area contributed by atoms with Crippen LogP contribution in [0.1, 0.15) is 34.4 Å². The predicted molar refractivity (Wildman–Crippen MR) is 100 cm³/mol. The lowest BCUT2D eigenvalue weighted by Gasteiger charge is -2.34. The minimum absolute atomic E-state index is 0.152. The summed E-state index contributed by atoms with van der Waals surface area (Å²) in [5.74, 6) is 0.765. The van der Waals surface area contributed by atoms with Gasteiger partial charge in [0.25, 0.3) is 0 Å². The summed E-state index contributed by atoms with van der Waals surface area (Å²) in [6, 6.07) is 13.7. The van der Waals surface area contributed by atoms with Gasteiger partial charge in [-0.15, -0.1) is 0 Å². The van der Waals surface area contributed by atoms with Crippen LogP contribution >= 0.6 is 0 Å². The monoisotopic (exact) mass is 355 g/mol. The van der Waals surface area contributed by atoms with Crippen molar-refractivity contribution in [3.63, 3.8) is 0 Å². The number of nitriles is 1. The van der Waals surface area contributed by atoms with E-state index in [2.05, 4.69) is 45.0 Å². The first-order chi connectivity index (χ1) is 13.2. The number of hydrogen-bond acceptors (Lipinski definition) is 5. The number of aromatic amines is 1. The molecule has 0 bridgehead atoms. The fourth-order valence-electron chi connectivity index (χ4n) is 3.78. The smallest absolute Gasteiger partial charge is 0.142 e. The number of aryl methyl sites for hydroxylation is 1. The molecule has 1 atom stereocenters. The zero-order valence-electron chi connectivity index (χ0n) is 14.8. The molecule has 1 aliphatic rings. The van der Waals surface area contributed by atoms with Crippen LogP contribution in [0, 0.1) is 18.3 Å². The standard InChI is InChI=1S/C20H17N7/c1-13-4-3-8-27-17(13)10-16(25-27)20-19-15(22-12-23-19)7-9-26(20)18-6-2-5-14(11-21)24-18/h2-6,8,10,12,20H,7,9H2,1H3,(H,22,23)/t20-/m1/s1. The van der Waals surface area contributed by atoms with E-state index in [0.717, 1.165) is 41.4 Å². The van der Waals surface area contributed by atoms with E-state index >= 15 is 0 Å². The minimum atomic E-state index is -0.152. The number of nitrogens with one attached hydrogen (secondary N) is 1. The van der Waals surface area contributed by atoms with Gasteiger partial charge in [0.2, 0.25) is 0 Å². The number of hydrogen-bond donors (Lipinski definition) is 1. The average Bonchev–Trinajstić information content (AvgIpc) is 3.34. The van der Waals surface area contributed by atoms with Crippen LogP contribution in [-0.4, -0.2) is 31.1 Å². The van der Waals surface area contributed by atoms with Crippen LogP contribution in [0.4, 0.5) is 5.82 Å². The second-order valence-corrected chi connectivity index (χ2v) is 6.70. The van der Waals surface area contributed by atoms with E-state index < -0.39 is 0 Å². The van der Waals surface area contributed by atoms with Crippen molar-refractivity contribution in [2.24, 2.45) is 0 Å². The maximum atomic E-state index is 9.23. The highest BCUT2D eigenvalue weighted by Gasteiger charge is 2.34. The molecule has 5 heterocycles. The van der Waals surface area contributed by atoms with Crippen LogP contribution in [0.2, 0.25) is 0 Å². The van der Waals surface area contributed by atoms with Gasteiger partial charge in [-0.1, -0.05) is 12.1 Å². The molecule has 1 aliphatic heterocycles. The number of aromatic nitrogens is 5. The quantitative estimate of drug-likeness (QED) is 0.597. The van der Waals surface area contributed by atoms with Crippen molar-refractivity contribution in [2.45, 2.75) is 19.4 Å². The lowest BCUT2D eigenvalue weighted by atomic mass is 9.99. The molecule has 5 rings (SSSR count). The maximum Gasteiger partial charge on any atom is 0.142 e.